The summed E-state index contributed by atoms with van der Waals surface area (Å²) in [7, 11) is 0. The second kappa shape index (κ2) is 5.14. The van der Waals surface area contributed by atoms with Gasteiger partial charge in [0.25, 0.3) is 5.69 Å². The Kier molecular flexibility index (Phi) is 3.57. The van der Waals surface area contributed by atoms with Crippen molar-refractivity contribution in [2.24, 2.45) is 0 Å². The summed E-state index contributed by atoms with van der Waals surface area (Å²) < 4.78 is 5.54. The number of thiazole rings is 1. The number of nitro benzene ring substituents is 1. The molecular weight excluding hydrogens is 252 g/mol. The maximum Gasteiger partial charge on any atom is 0.272 e. The van der Waals surface area contributed by atoms with Gasteiger partial charge in [0.1, 0.15) is 12.4 Å². The van der Waals surface area contributed by atoms with Crippen LogP contribution in [-0.2, 0) is 6.61 Å². The Labute approximate surface area is 108 Å². The molecule has 6 heteroatoms. The molecule has 0 bridgehead atoms. The minimum atomic E-state index is -0.400. The van der Waals surface area contributed by atoms with Gasteiger partial charge in [0.05, 0.1) is 15.6 Å². The fraction of sp³-hybridized carbons (Fsp3) is 0.250. The molecule has 1 aromatic heterocycles. The smallest absolute Gasteiger partial charge is 0.272 e. The number of nitrogens with zero attached hydrogens (tertiary/aromatic N) is 2. The quantitative estimate of drug-likeness (QED) is 0.628. The van der Waals surface area contributed by atoms with Crippen molar-refractivity contribution in [2.75, 3.05) is 0 Å². The summed E-state index contributed by atoms with van der Waals surface area (Å²) >= 11 is 1.57. The van der Waals surface area contributed by atoms with Crippen LogP contribution < -0.4 is 4.74 Å². The number of ether oxygens (including phenoxy) is 1. The van der Waals surface area contributed by atoms with Gasteiger partial charge in [-0.1, -0.05) is 0 Å². The zero-order chi connectivity index (χ0) is 13.1. The second-order valence-corrected chi connectivity index (χ2v) is 4.91. The van der Waals surface area contributed by atoms with Crippen LogP contribution in [0.15, 0.2) is 23.6 Å². The van der Waals surface area contributed by atoms with Crippen molar-refractivity contribution in [3.05, 3.63) is 50.0 Å². The average molecular weight is 264 g/mol. The van der Waals surface area contributed by atoms with Crippen LogP contribution in [-0.4, -0.2) is 9.91 Å². The number of nitro groups is 1. The Bertz CT molecular complexity index is 580. The second-order valence-electron chi connectivity index (χ2n) is 3.85. The van der Waals surface area contributed by atoms with Crippen molar-refractivity contribution < 1.29 is 9.66 Å². The van der Waals surface area contributed by atoms with Crippen LogP contribution in [0.3, 0.4) is 0 Å². The topological polar surface area (TPSA) is 65.3 Å². The number of aromatic nitrogens is 1. The summed E-state index contributed by atoms with van der Waals surface area (Å²) in [5, 5.41) is 13.6. The van der Waals surface area contributed by atoms with Crippen LogP contribution in [0.4, 0.5) is 5.69 Å². The highest BCUT2D eigenvalue weighted by molar-refractivity contribution is 7.09. The van der Waals surface area contributed by atoms with Gasteiger partial charge in [0.15, 0.2) is 0 Å². The fourth-order valence-electron chi connectivity index (χ4n) is 1.55. The molecule has 0 fully saturated rings. The molecule has 0 aliphatic carbocycles. The zero-order valence-electron chi connectivity index (χ0n) is 10.0. The van der Waals surface area contributed by atoms with Crippen molar-refractivity contribution in [3.63, 3.8) is 0 Å². The molecule has 1 heterocycles. The van der Waals surface area contributed by atoms with E-state index in [2.05, 4.69) is 4.98 Å². The first-order valence-electron chi connectivity index (χ1n) is 5.35. The molecule has 1 aromatic carbocycles. The lowest BCUT2D eigenvalue weighted by Crippen LogP contribution is -1.97. The summed E-state index contributed by atoms with van der Waals surface area (Å²) in [5.41, 5.74) is 1.56. The predicted molar refractivity (Wildman–Crippen MR) is 69.0 cm³/mol. The third-order valence-electron chi connectivity index (χ3n) is 2.42. The Balaban J connectivity index is 2.06. The highest BCUT2D eigenvalue weighted by Gasteiger charge is 2.10. The number of benzene rings is 1. The number of hydrogen-bond acceptors (Lipinski definition) is 5. The molecule has 0 aliphatic heterocycles. The molecule has 0 spiro atoms. The van der Waals surface area contributed by atoms with Crippen LogP contribution in [0.2, 0.25) is 0 Å². The van der Waals surface area contributed by atoms with Crippen molar-refractivity contribution in [1.82, 2.24) is 4.98 Å². The van der Waals surface area contributed by atoms with Gasteiger partial charge >= 0.3 is 0 Å². The normalized spacial score (nSPS) is 10.3. The molecule has 0 saturated carbocycles. The molecule has 2 rings (SSSR count). The molecule has 18 heavy (non-hydrogen) atoms. The van der Waals surface area contributed by atoms with E-state index in [0.29, 0.717) is 17.9 Å². The Morgan fingerprint density at radius 2 is 2.22 bits per heavy atom. The molecule has 5 nitrogen and oxygen atoms in total. The van der Waals surface area contributed by atoms with E-state index in [4.69, 9.17) is 4.74 Å². The van der Waals surface area contributed by atoms with Gasteiger partial charge in [0.2, 0.25) is 0 Å². The first kappa shape index (κ1) is 12.5. The monoisotopic (exact) mass is 264 g/mol. The van der Waals surface area contributed by atoms with Gasteiger partial charge in [0, 0.05) is 17.0 Å². The lowest BCUT2D eigenvalue weighted by molar-refractivity contribution is -0.385. The Morgan fingerprint density at radius 3 is 2.78 bits per heavy atom. The van der Waals surface area contributed by atoms with Gasteiger partial charge in [-0.25, -0.2) is 4.98 Å². The lowest BCUT2D eigenvalue weighted by atomic mass is 10.2. The summed E-state index contributed by atoms with van der Waals surface area (Å²) in [6, 6.07) is 4.72. The van der Waals surface area contributed by atoms with Crippen LogP contribution in [0.5, 0.6) is 5.75 Å². The van der Waals surface area contributed by atoms with E-state index in [1.165, 1.54) is 6.07 Å². The van der Waals surface area contributed by atoms with E-state index in [1.807, 2.05) is 12.3 Å². The van der Waals surface area contributed by atoms with Gasteiger partial charge in [-0.05, 0) is 26.0 Å². The van der Waals surface area contributed by atoms with Gasteiger partial charge in [-0.3, -0.25) is 10.1 Å². The number of hydrogen-bond donors (Lipinski definition) is 0. The van der Waals surface area contributed by atoms with E-state index >= 15 is 0 Å². The third-order valence-corrected chi connectivity index (χ3v) is 3.24. The molecule has 0 radical (unpaired) electrons. The summed E-state index contributed by atoms with van der Waals surface area (Å²) in [6.07, 6.45) is 0. The van der Waals surface area contributed by atoms with Crippen molar-refractivity contribution in [2.45, 2.75) is 20.5 Å². The maximum absolute atomic E-state index is 10.7. The minimum absolute atomic E-state index is 0.104. The van der Waals surface area contributed by atoms with Crippen LogP contribution >= 0.6 is 11.3 Å². The third kappa shape index (κ3) is 2.84. The average Bonchev–Trinajstić information content (AvgIpc) is 2.72. The number of aryl methyl sites for hydroxylation is 2. The van der Waals surface area contributed by atoms with E-state index < -0.39 is 4.92 Å². The summed E-state index contributed by atoms with van der Waals surface area (Å²) in [4.78, 5) is 14.6. The predicted octanol–water partition coefficient (Wildman–Crippen LogP) is 3.25. The standard InChI is InChI=1S/C12H12N2O3S/c1-8-5-11(3-4-12(8)14(15)16)17-6-10-7-18-9(2)13-10/h3-5,7H,6H2,1-2H3. The first-order valence-corrected chi connectivity index (χ1v) is 6.23. The van der Waals surface area contributed by atoms with Crippen molar-refractivity contribution in [3.8, 4) is 5.75 Å². The molecule has 94 valence electrons. The molecule has 0 aliphatic rings. The van der Waals surface area contributed by atoms with E-state index in [0.717, 1.165) is 10.7 Å². The first-order chi connectivity index (χ1) is 8.56. The van der Waals surface area contributed by atoms with Crippen LogP contribution in [0.1, 0.15) is 16.3 Å². The van der Waals surface area contributed by atoms with Crippen LogP contribution in [0, 0.1) is 24.0 Å². The highest BCUT2D eigenvalue weighted by atomic mass is 32.1. The Morgan fingerprint density at radius 1 is 1.44 bits per heavy atom. The van der Waals surface area contributed by atoms with E-state index in [-0.39, 0.29) is 5.69 Å². The van der Waals surface area contributed by atoms with Gasteiger partial charge in [-0.15, -0.1) is 11.3 Å². The molecular formula is C12H12N2O3S. The van der Waals surface area contributed by atoms with E-state index in [9.17, 15) is 10.1 Å². The highest BCUT2D eigenvalue weighted by Crippen LogP contribution is 2.23. The van der Waals surface area contributed by atoms with Crippen molar-refractivity contribution in [1.29, 1.82) is 0 Å². The molecule has 0 unspecified atom stereocenters. The molecule has 0 saturated heterocycles. The zero-order valence-corrected chi connectivity index (χ0v) is 10.9. The maximum atomic E-state index is 10.7. The van der Waals surface area contributed by atoms with E-state index in [1.54, 1.807) is 30.4 Å². The summed E-state index contributed by atoms with van der Waals surface area (Å²) in [5.74, 6) is 0.615. The SMILES string of the molecule is Cc1nc(COc2ccc([N+](=O)[O-])c(C)c2)cs1. The lowest BCUT2D eigenvalue weighted by Gasteiger charge is -2.05. The molecule has 0 N–H and O–H groups in total. The Hall–Kier alpha value is -1.95. The van der Waals surface area contributed by atoms with Crippen LogP contribution in [0.25, 0.3) is 0 Å². The molecule has 2 aromatic rings. The minimum Gasteiger partial charge on any atom is -0.487 e. The molecule has 0 atom stereocenters. The van der Waals surface area contributed by atoms with Gasteiger partial charge < -0.3 is 4.74 Å². The fourth-order valence-corrected chi connectivity index (χ4v) is 2.15. The summed E-state index contributed by atoms with van der Waals surface area (Å²) in [6.45, 7) is 4.00. The number of rotatable bonds is 4. The molecule has 0 amide bonds. The van der Waals surface area contributed by atoms with Crippen molar-refractivity contribution >= 4 is 17.0 Å². The van der Waals surface area contributed by atoms with Gasteiger partial charge in [-0.2, -0.15) is 0 Å². The largest absolute Gasteiger partial charge is 0.487 e.